The first-order valence-electron chi connectivity index (χ1n) is 12.5. The summed E-state index contributed by atoms with van der Waals surface area (Å²) in [4.78, 5) is 24.2. The lowest BCUT2D eigenvalue weighted by molar-refractivity contribution is -0.155. The topological polar surface area (TPSA) is 52.6 Å². The molecule has 4 heteroatoms. The third-order valence-corrected chi connectivity index (χ3v) is 6.13. The van der Waals surface area contributed by atoms with Crippen molar-refractivity contribution in [1.29, 1.82) is 0 Å². The van der Waals surface area contributed by atoms with Crippen LogP contribution in [0.5, 0.6) is 0 Å². The van der Waals surface area contributed by atoms with Crippen LogP contribution in [-0.2, 0) is 19.1 Å². The molecule has 29 heavy (non-hydrogen) atoms. The molecule has 1 fully saturated rings. The van der Waals surface area contributed by atoms with Crippen LogP contribution in [0.15, 0.2) is 0 Å². The highest BCUT2D eigenvalue weighted by atomic mass is 16.5. The average molecular weight is 411 g/mol. The normalized spacial score (nSPS) is 19.1. The van der Waals surface area contributed by atoms with E-state index in [4.69, 9.17) is 9.47 Å². The van der Waals surface area contributed by atoms with Crippen LogP contribution >= 0.6 is 0 Å². The predicted octanol–water partition coefficient (Wildman–Crippen LogP) is 6.99. The largest absolute Gasteiger partial charge is 0.465 e. The second-order valence-electron chi connectivity index (χ2n) is 8.77. The molecule has 0 saturated heterocycles. The van der Waals surface area contributed by atoms with E-state index < -0.39 is 0 Å². The molecule has 0 atom stereocenters. The van der Waals surface area contributed by atoms with Crippen LogP contribution < -0.4 is 0 Å². The second kappa shape index (κ2) is 17.8. The van der Waals surface area contributed by atoms with E-state index in [1.54, 1.807) is 0 Å². The number of carbonyl (C=O) groups excluding carboxylic acids is 2. The lowest BCUT2D eigenvalue weighted by Gasteiger charge is -2.26. The molecular formula is C25H46O4. The number of hydrogen-bond donors (Lipinski definition) is 0. The maximum Gasteiger partial charge on any atom is 0.308 e. The third kappa shape index (κ3) is 13.0. The van der Waals surface area contributed by atoms with Gasteiger partial charge in [0.1, 0.15) is 0 Å². The minimum Gasteiger partial charge on any atom is -0.465 e. The van der Waals surface area contributed by atoms with Gasteiger partial charge in [-0.15, -0.1) is 0 Å². The van der Waals surface area contributed by atoms with Gasteiger partial charge in [-0.05, 0) is 38.5 Å². The van der Waals surface area contributed by atoms with Crippen molar-refractivity contribution >= 4 is 11.9 Å². The fourth-order valence-electron chi connectivity index (χ4n) is 4.06. The molecular weight excluding hydrogens is 364 g/mol. The third-order valence-electron chi connectivity index (χ3n) is 6.13. The molecule has 0 aromatic rings. The molecule has 0 aliphatic heterocycles. The minimum absolute atomic E-state index is 0.0254. The van der Waals surface area contributed by atoms with Crippen molar-refractivity contribution in [1.82, 2.24) is 0 Å². The van der Waals surface area contributed by atoms with Crippen LogP contribution in [0.25, 0.3) is 0 Å². The van der Waals surface area contributed by atoms with E-state index in [9.17, 15) is 9.59 Å². The quantitative estimate of drug-likeness (QED) is 0.191. The lowest BCUT2D eigenvalue weighted by atomic mass is 9.82. The van der Waals surface area contributed by atoms with Gasteiger partial charge in [-0.1, -0.05) is 84.5 Å². The van der Waals surface area contributed by atoms with Crippen LogP contribution in [0.3, 0.4) is 0 Å². The van der Waals surface area contributed by atoms with E-state index in [1.807, 2.05) is 0 Å². The number of esters is 2. The van der Waals surface area contributed by atoms with Gasteiger partial charge in [0, 0.05) is 0 Å². The maximum atomic E-state index is 12.2. The van der Waals surface area contributed by atoms with Gasteiger partial charge in [0.05, 0.1) is 25.0 Å². The summed E-state index contributed by atoms with van der Waals surface area (Å²) in [5, 5.41) is 0. The Kier molecular flexibility index (Phi) is 15.9. The first-order valence-corrected chi connectivity index (χ1v) is 12.5. The summed E-state index contributed by atoms with van der Waals surface area (Å²) < 4.78 is 10.8. The highest BCUT2D eigenvalue weighted by molar-refractivity contribution is 5.75. The highest BCUT2D eigenvalue weighted by Gasteiger charge is 2.31. The zero-order valence-electron chi connectivity index (χ0n) is 19.2. The monoisotopic (exact) mass is 410 g/mol. The summed E-state index contributed by atoms with van der Waals surface area (Å²) >= 11 is 0. The number of unbranched alkanes of at least 4 members (excludes halogenated alkanes) is 11. The molecule has 1 aliphatic rings. The Bertz CT molecular complexity index is 413. The molecule has 0 amide bonds. The molecule has 170 valence electrons. The van der Waals surface area contributed by atoms with E-state index in [0.29, 0.717) is 13.2 Å². The van der Waals surface area contributed by atoms with Gasteiger partial charge in [0.25, 0.3) is 0 Å². The van der Waals surface area contributed by atoms with Gasteiger partial charge in [-0.25, -0.2) is 0 Å². The van der Waals surface area contributed by atoms with Crippen LogP contribution in [0.1, 0.15) is 123 Å². The number of rotatable bonds is 17. The van der Waals surface area contributed by atoms with Gasteiger partial charge >= 0.3 is 11.9 Å². The Labute approximate surface area is 179 Å². The van der Waals surface area contributed by atoms with Gasteiger partial charge in [0.2, 0.25) is 0 Å². The van der Waals surface area contributed by atoms with Crippen LogP contribution in [0, 0.1) is 11.8 Å². The van der Waals surface area contributed by atoms with Crippen molar-refractivity contribution in [2.24, 2.45) is 11.8 Å². The molecule has 0 aromatic carbocycles. The first-order chi connectivity index (χ1) is 14.2. The number of carbonyl (C=O) groups is 2. The van der Waals surface area contributed by atoms with Crippen molar-refractivity contribution in [3.63, 3.8) is 0 Å². The minimum atomic E-state index is -0.0776. The van der Waals surface area contributed by atoms with Crippen molar-refractivity contribution in [3.8, 4) is 0 Å². The van der Waals surface area contributed by atoms with Gasteiger partial charge in [0.15, 0.2) is 0 Å². The molecule has 1 aliphatic carbocycles. The van der Waals surface area contributed by atoms with Crippen LogP contribution in [0.4, 0.5) is 0 Å². The predicted molar refractivity (Wildman–Crippen MR) is 119 cm³/mol. The van der Waals surface area contributed by atoms with Crippen LogP contribution in [-0.4, -0.2) is 25.2 Å². The molecule has 1 saturated carbocycles. The first kappa shape index (κ1) is 26.0. The molecule has 0 bridgehead atoms. The molecule has 1 rings (SSSR count). The van der Waals surface area contributed by atoms with Gasteiger partial charge in [-0.2, -0.15) is 0 Å². The molecule has 0 N–H and O–H groups in total. The second-order valence-corrected chi connectivity index (χ2v) is 8.77. The smallest absolute Gasteiger partial charge is 0.308 e. The zero-order chi connectivity index (χ0) is 21.2. The molecule has 0 aromatic heterocycles. The molecule has 0 spiro atoms. The van der Waals surface area contributed by atoms with Crippen molar-refractivity contribution < 1.29 is 19.1 Å². The van der Waals surface area contributed by atoms with E-state index >= 15 is 0 Å². The van der Waals surface area contributed by atoms with Gasteiger partial charge in [-0.3, -0.25) is 9.59 Å². The molecule has 4 nitrogen and oxygen atoms in total. The summed E-state index contributed by atoms with van der Waals surface area (Å²) in [6.07, 6.45) is 19.2. The Morgan fingerprint density at radius 2 is 0.897 bits per heavy atom. The Morgan fingerprint density at radius 1 is 0.552 bits per heavy atom. The summed E-state index contributed by atoms with van der Waals surface area (Å²) in [5.74, 6) is -0.189. The van der Waals surface area contributed by atoms with Crippen molar-refractivity contribution in [3.05, 3.63) is 0 Å². The SMILES string of the molecule is CCCCCCCCCCCCCOC(=O)C1CCC(C(=O)OCCCC)CC1. The fourth-order valence-corrected chi connectivity index (χ4v) is 4.06. The van der Waals surface area contributed by atoms with Crippen molar-refractivity contribution in [2.45, 2.75) is 123 Å². The standard InChI is InChI=1S/C25H46O4/c1-3-5-7-8-9-10-11-12-13-14-15-21-29-25(27)23-18-16-22(17-19-23)24(26)28-20-6-4-2/h22-23H,3-21H2,1-2H3. The number of hydrogen-bond acceptors (Lipinski definition) is 4. The average Bonchev–Trinajstić information content (AvgIpc) is 2.74. The van der Waals surface area contributed by atoms with E-state index in [2.05, 4.69) is 13.8 Å². The van der Waals surface area contributed by atoms with Crippen LogP contribution in [0.2, 0.25) is 0 Å². The number of ether oxygens (including phenoxy) is 2. The van der Waals surface area contributed by atoms with E-state index in [0.717, 1.165) is 51.4 Å². The Balaban J connectivity index is 1.95. The zero-order valence-corrected chi connectivity index (χ0v) is 19.2. The summed E-state index contributed by atoms with van der Waals surface area (Å²) in [5.41, 5.74) is 0. The Hall–Kier alpha value is -1.06. The fraction of sp³-hybridized carbons (Fsp3) is 0.920. The van der Waals surface area contributed by atoms with Crippen molar-refractivity contribution in [2.75, 3.05) is 13.2 Å². The highest BCUT2D eigenvalue weighted by Crippen LogP contribution is 2.30. The van der Waals surface area contributed by atoms with E-state index in [1.165, 1.54) is 57.8 Å². The Morgan fingerprint density at radius 3 is 1.31 bits per heavy atom. The van der Waals surface area contributed by atoms with Gasteiger partial charge < -0.3 is 9.47 Å². The molecule has 0 unspecified atom stereocenters. The van der Waals surface area contributed by atoms with E-state index in [-0.39, 0.29) is 23.8 Å². The molecule has 0 heterocycles. The lowest BCUT2D eigenvalue weighted by Crippen LogP contribution is -2.28. The molecule has 0 radical (unpaired) electrons. The summed E-state index contributed by atoms with van der Waals surface area (Å²) in [7, 11) is 0. The summed E-state index contributed by atoms with van der Waals surface area (Å²) in [6, 6.07) is 0. The summed E-state index contributed by atoms with van der Waals surface area (Å²) in [6.45, 7) is 5.42. The maximum absolute atomic E-state index is 12.2.